The number of ether oxygens (including phenoxy) is 3. The molecule has 1 aromatic heterocycles. The minimum absolute atomic E-state index is 0.122. The summed E-state index contributed by atoms with van der Waals surface area (Å²) in [6.07, 6.45) is 4.61. The van der Waals surface area contributed by atoms with Gasteiger partial charge in [-0.3, -0.25) is 4.79 Å². The molecule has 0 spiro atoms. The molecule has 1 heterocycles. The van der Waals surface area contributed by atoms with Crippen LogP contribution in [0.1, 0.15) is 29.9 Å². The van der Waals surface area contributed by atoms with E-state index in [1.807, 2.05) is 54.6 Å². The molecule has 7 nitrogen and oxygen atoms in total. The third-order valence-electron chi connectivity index (χ3n) is 4.58. The first kappa shape index (κ1) is 22.0. The van der Waals surface area contributed by atoms with Crippen molar-refractivity contribution in [3.05, 3.63) is 65.5 Å². The number of amides is 1. The number of hydrogen-bond donors (Lipinski definition) is 1. The molecule has 0 aliphatic carbocycles. The van der Waals surface area contributed by atoms with Gasteiger partial charge in [-0.25, -0.2) is 0 Å². The summed E-state index contributed by atoms with van der Waals surface area (Å²) in [5, 5.41) is 6.92. The van der Waals surface area contributed by atoms with E-state index in [0.717, 1.165) is 22.8 Å². The fourth-order valence-electron chi connectivity index (χ4n) is 2.84. The van der Waals surface area contributed by atoms with E-state index in [9.17, 15) is 4.79 Å². The molecule has 0 unspecified atom stereocenters. The zero-order valence-corrected chi connectivity index (χ0v) is 17.9. The fraction of sp³-hybridized carbons (Fsp3) is 0.250. The van der Waals surface area contributed by atoms with Crippen LogP contribution in [0.3, 0.4) is 0 Å². The van der Waals surface area contributed by atoms with Crippen molar-refractivity contribution in [1.82, 2.24) is 5.16 Å². The van der Waals surface area contributed by atoms with Crippen LogP contribution in [0.5, 0.6) is 17.2 Å². The van der Waals surface area contributed by atoms with Crippen LogP contribution in [0.25, 0.3) is 12.2 Å². The third-order valence-corrected chi connectivity index (χ3v) is 4.58. The first-order valence-corrected chi connectivity index (χ1v) is 9.94. The number of hydrogen-bond acceptors (Lipinski definition) is 6. The van der Waals surface area contributed by atoms with E-state index in [1.54, 1.807) is 27.2 Å². The normalized spacial score (nSPS) is 10.8. The molecule has 1 N–H and O–H groups in total. The molecule has 0 saturated carbocycles. The summed E-state index contributed by atoms with van der Waals surface area (Å²) in [5.74, 6) is 2.73. The molecule has 0 aliphatic rings. The number of methoxy groups -OCH3 is 2. The van der Waals surface area contributed by atoms with E-state index in [2.05, 4.69) is 10.5 Å². The fourth-order valence-corrected chi connectivity index (χ4v) is 2.84. The van der Waals surface area contributed by atoms with E-state index in [0.29, 0.717) is 36.6 Å². The predicted molar refractivity (Wildman–Crippen MR) is 120 cm³/mol. The van der Waals surface area contributed by atoms with Crippen LogP contribution >= 0.6 is 0 Å². The summed E-state index contributed by atoms with van der Waals surface area (Å²) in [5.41, 5.74) is 2.12. The van der Waals surface area contributed by atoms with Crippen LogP contribution in [0.2, 0.25) is 0 Å². The molecular formula is C24H26N2O5. The minimum Gasteiger partial charge on any atom is -0.497 e. The Hall–Kier alpha value is -3.74. The highest BCUT2D eigenvalue weighted by Gasteiger charge is 2.13. The molecule has 0 aliphatic heterocycles. The van der Waals surface area contributed by atoms with Crippen LogP contribution in [-0.4, -0.2) is 31.9 Å². The lowest BCUT2D eigenvalue weighted by Crippen LogP contribution is -2.13. The second kappa shape index (κ2) is 10.9. The van der Waals surface area contributed by atoms with Gasteiger partial charge in [0.15, 0.2) is 5.76 Å². The quantitative estimate of drug-likeness (QED) is 0.465. The Balaban J connectivity index is 1.50. The molecule has 31 heavy (non-hydrogen) atoms. The lowest BCUT2D eigenvalue weighted by Gasteiger charge is -2.07. The van der Waals surface area contributed by atoms with E-state index < -0.39 is 0 Å². The Bertz CT molecular complexity index is 1010. The zero-order valence-electron chi connectivity index (χ0n) is 17.9. The molecular weight excluding hydrogens is 396 g/mol. The van der Waals surface area contributed by atoms with Gasteiger partial charge in [0.05, 0.1) is 20.8 Å². The second-order valence-electron chi connectivity index (χ2n) is 6.78. The number of carbonyl (C=O) groups excluding carboxylic acids is 1. The maximum absolute atomic E-state index is 12.4. The van der Waals surface area contributed by atoms with Gasteiger partial charge < -0.3 is 24.1 Å². The van der Waals surface area contributed by atoms with Gasteiger partial charge in [-0.15, -0.1) is 0 Å². The summed E-state index contributed by atoms with van der Waals surface area (Å²) >= 11 is 0. The van der Waals surface area contributed by atoms with Gasteiger partial charge in [-0.2, -0.15) is 0 Å². The summed E-state index contributed by atoms with van der Waals surface area (Å²) in [6.45, 7) is 2.20. The number of rotatable bonds is 10. The first-order chi connectivity index (χ1) is 15.1. The lowest BCUT2D eigenvalue weighted by molar-refractivity contribution is -0.116. The first-order valence-electron chi connectivity index (χ1n) is 9.94. The van der Waals surface area contributed by atoms with Gasteiger partial charge >= 0.3 is 0 Å². The average molecular weight is 422 g/mol. The number of aromatic nitrogens is 1. The molecule has 7 heteroatoms. The standard InChI is InChI=1S/C24H26N2O5/c1-17-24(22(26-31-17)15-8-18-6-9-19(28-2)10-7-18)25-23(27)5-4-16-30-21-13-11-20(29-3)12-14-21/h6-15H,4-5,16H2,1-3H3,(H,25,27). The number of aryl methyl sites for hydroxylation is 1. The molecule has 0 fully saturated rings. The van der Waals surface area contributed by atoms with E-state index in [1.165, 1.54) is 0 Å². The number of benzene rings is 2. The predicted octanol–water partition coefficient (Wildman–Crippen LogP) is 4.97. The zero-order chi connectivity index (χ0) is 22.1. The lowest BCUT2D eigenvalue weighted by atomic mass is 10.2. The maximum atomic E-state index is 12.4. The number of nitrogens with one attached hydrogen (secondary N) is 1. The van der Waals surface area contributed by atoms with Crippen molar-refractivity contribution in [3.63, 3.8) is 0 Å². The monoisotopic (exact) mass is 422 g/mol. The SMILES string of the molecule is COc1ccc(C=Cc2noc(C)c2NC(=O)CCCOc2ccc(OC)cc2)cc1. The van der Waals surface area contributed by atoms with Crippen LogP contribution in [0.15, 0.2) is 53.1 Å². The van der Waals surface area contributed by atoms with Gasteiger partial charge in [-0.1, -0.05) is 23.4 Å². The van der Waals surface area contributed by atoms with Gasteiger partial charge in [-0.05, 0) is 61.4 Å². The van der Waals surface area contributed by atoms with Crippen molar-refractivity contribution in [3.8, 4) is 17.2 Å². The third kappa shape index (κ3) is 6.37. The molecule has 3 aromatic rings. The smallest absolute Gasteiger partial charge is 0.224 e. The molecule has 0 saturated heterocycles. The Morgan fingerprint density at radius 3 is 2.23 bits per heavy atom. The molecule has 0 atom stereocenters. The van der Waals surface area contributed by atoms with Crippen LogP contribution in [0.4, 0.5) is 5.69 Å². The maximum Gasteiger partial charge on any atom is 0.224 e. The molecule has 162 valence electrons. The van der Waals surface area contributed by atoms with Crippen LogP contribution in [0, 0.1) is 6.92 Å². The van der Waals surface area contributed by atoms with Crippen LogP contribution in [-0.2, 0) is 4.79 Å². The molecule has 0 radical (unpaired) electrons. The average Bonchev–Trinajstić information content (AvgIpc) is 3.15. The van der Waals surface area contributed by atoms with Gasteiger partial charge in [0.25, 0.3) is 0 Å². The van der Waals surface area contributed by atoms with Crippen molar-refractivity contribution in [1.29, 1.82) is 0 Å². The Kier molecular flexibility index (Phi) is 7.70. The van der Waals surface area contributed by atoms with Gasteiger partial charge in [0.1, 0.15) is 28.6 Å². The van der Waals surface area contributed by atoms with E-state index in [-0.39, 0.29) is 5.91 Å². The Labute approximate surface area is 181 Å². The van der Waals surface area contributed by atoms with E-state index >= 15 is 0 Å². The van der Waals surface area contributed by atoms with Gasteiger partial charge in [0.2, 0.25) is 5.91 Å². The van der Waals surface area contributed by atoms with Crippen molar-refractivity contribution in [2.45, 2.75) is 19.8 Å². The number of anilines is 1. The molecule has 2 aromatic carbocycles. The minimum atomic E-state index is -0.122. The van der Waals surface area contributed by atoms with Crippen molar-refractivity contribution in [2.24, 2.45) is 0 Å². The second-order valence-corrected chi connectivity index (χ2v) is 6.78. The largest absolute Gasteiger partial charge is 0.497 e. The highest BCUT2D eigenvalue weighted by Crippen LogP contribution is 2.23. The van der Waals surface area contributed by atoms with Crippen LogP contribution < -0.4 is 19.5 Å². The Morgan fingerprint density at radius 1 is 0.968 bits per heavy atom. The highest BCUT2D eigenvalue weighted by molar-refractivity contribution is 5.93. The summed E-state index contributed by atoms with van der Waals surface area (Å²) in [7, 11) is 3.25. The molecule has 1 amide bonds. The summed E-state index contributed by atoms with van der Waals surface area (Å²) < 4.78 is 21.2. The van der Waals surface area contributed by atoms with Crippen molar-refractivity contribution >= 4 is 23.7 Å². The summed E-state index contributed by atoms with van der Waals surface area (Å²) in [6, 6.07) is 15.0. The molecule has 3 rings (SSSR count). The number of carbonyl (C=O) groups is 1. The highest BCUT2D eigenvalue weighted by atomic mass is 16.5. The molecule has 0 bridgehead atoms. The van der Waals surface area contributed by atoms with Gasteiger partial charge in [0, 0.05) is 6.42 Å². The van der Waals surface area contributed by atoms with Crippen molar-refractivity contribution < 1.29 is 23.5 Å². The van der Waals surface area contributed by atoms with Crippen molar-refractivity contribution in [2.75, 3.05) is 26.1 Å². The topological polar surface area (TPSA) is 82.8 Å². The Morgan fingerprint density at radius 2 is 1.58 bits per heavy atom. The number of nitrogens with zero attached hydrogens (tertiary/aromatic N) is 1. The summed E-state index contributed by atoms with van der Waals surface area (Å²) in [4.78, 5) is 12.4. The van der Waals surface area contributed by atoms with E-state index in [4.69, 9.17) is 18.7 Å².